The molecule has 0 saturated carbocycles. The van der Waals surface area contributed by atoms with Crippen LogP contribution in [-0.2, 0) is 4.79 Å². The van der Waals surface area contributed by atoms with Crippen molar-refractivity contribution in [2.45, 2.75) is 13.0 Å². The number of hydrogen-bond acceptors (Lipinski definition) is 3. The Labute approximate surface area is 110 Å². The summed E-state index contributed by atoms with van der Waals surface area (Å²) >= 11 is 0. The van der Waals surface area contributed by atoms with Crippen molar-refractivity contribution in [3.63, 3.8) is 0 Å². The minimum Gasteiger partial charge on any atom is -0.378 e. The first kappa shape index (κ1) is 14.5. The Bertz CT molecular complexity index is 385. The van der Waals surface area contributed by atoms with E-state index in [4.69, 9.17) is 0 Å². The number of likely N-dealkylation sites (N-methyl/N-ethyl adjacent to an activating group) is 1. The molecule has 0 heterocycles. The lowest BCUT2D eigenvalue weighted by Crippen LogP contribution is -2.33. The van der Waals surface area contributed by atoms with Crippen molar-refractivity contribution < 1.29 is 4.79 Å². The van der Waals surface area contributed by atoms with E-state index in [2.05, 4.69) is 39.4 Å². The summed E-state index contributed by atoms with van der Waals surface area (Å²) in [7, 11) is 8.09. The van der Waals surface area contributed by atoms with Crippen LogP contribution in [0.2, 0.25) is 0 Å². The van der Waals surface area contributed by atoms with Crippen LogP contribution >= 0.6 is 0 Å². The fourth-order valence-corrected chi connectivity index (χ4v) is 1.83. The number of nitrogens with zero attached hydrogens (tertiary/aromatic N) is 2. The first-order valence-corrected chi connectivity index (χ1v) is 6.10. The molecular formula is C14H23N3O. The number of nitrogens with one attached hydrogen (secondary N) is 1. The molecule has 1 aromatic carbocycles. The molecule has 0 aliphatic heterocycles. The summed E-state index contributed by atoms with van der Waals surface area (Å²) in [6.07, 6.45) is 0. The zero-order valence-electron chi connectivity index (χ0n) is 11.9. The van der Waals surface area contributed by atoms with Crippen molar-refractivity contribution >= 4 is 11.6 Å². The molecule has 0 aliphatic carbocycles. The second-order valence-corrected chi connectivity index (χ2v) is 4.90. The van der Waals surface area contributed by atoms with Gasteiger partial charge in [-0.15, -0.1) is 0 Å². The molecule has 0 saturated heterocycles. The monoisotopic (exact) mass is 249 g/mol. The van der Waals surface area contributed by atoms with Gasteiger partial charge >= 0.3 is 0 Å². The second-order valence-electron chi connectivity index (χ2n) is 4.90. The van der Waals surface area contributed by atoms with Gasteiger partial charge in [-0.25, -0.2) is 0 Å². The van der Waals surface area contributed by atoms with E-state index in [0.717, 1.165) is 0 Å². The Morgan fingerprint density at radius 2 is 1.72 bits per heavy atom. The summed E-state index contributed by atoms with van der Waals surface area (Å²) in [5.74, 6) is 0.00626. The predicted octanol–water partition coefficient (Wildman–Crippen LogP) is 1.49. The molecule has 0 bridgehead atoms. The fourth-order valence-electron chi connectivity index (χ4n) is 1.83. The number of carbonyl (C=O) groups excluding carboxylic acids is 1. The zero-order chi connectivity index (χ0) is 13.7. The van der Waals surface area contributed by atoms with E-state index >= 15 is 0 Å². The quantitative estimate of drug-likeness (QED) is 0.859. The van der Waals surface area contributed by atoms with Crippen LogP contribution in [-0.4, -0.2) is 45.5 Å². The predicted molar refractivity (Wildman–Crippen MR) is 75.9 cm³/mol. The van der Waals surface area contributed by atoms with Gasteiger partial charge in [0.2, 0.25) is 5.91 Å². The minimum atomic E-state index is 0.00626. The van der Waals surface area contributed by atoms with E-state index in [-0.39, 0.29) is 11.9 Å². The van der Waals surface area contributed by atoms with Gasteiger partial charge in [-0.1, -0.05) is 12.1 Å². The minimum absolute atomic E-state index is 0.00626. The van der Waals surface area contributed by atoms with Crippen molar-refractivity contribution in [1.82, 2.24) is 10.2 Å². The Kier molecular flexibility index (Phi) is 5.16. The van der Waals surface area contributed by atoms with Gasteiger partial charge in [0.1, 0.15) is 0 Å². The molecule has 1 aromatic rings. The maximum atomic E-state index is 11.0. The van der Waals surface area contributed by atoms with E-state index in [0.29, 0.717) is 6.54 Å². The van der Waals surface area contributed by atoms with Gasteiger partial charge in [-0.05, 0) is 31.8 Å². The van der Waals surface area contributed by atoms with Crippen LogP contribution in [0.4, 0.5) is 5.69 Å². The molecule has 18 heavy (non-hydrogen) atoms. The Morgan fingerprint density at radius 1 is 1.17 bits per heavy atom. The maximum absolute atomic E-state index is 11.0. The third-order valence-electron chi connectivity index (χ3n) is 2.96. The van der Waals surface area contributed by atoms with Crippen LogP contribution in [0.25, 0.3) is 0 Å². The number of hydrogen-bond donors (Lipinski definition) is 1. The van der Waals surface area contributed by atoms with Gasteiger partial charge in [-0.2, -0.15) is 0 Å². The van der Waals surface area contributed by atoms with Gasteiger partial charge in [0.25, 0.3) is 0 Å². The maximum Gasteiger partial charge on any atom is 0.216 e. The molecular weight excluding hydrogens is 226 g/mol. The molecule has 0 aliphatic rings. The molecule has 1 amide bonds. The number of anilines is 1. The molecule has 4 heteroatoms. The Balaban J connectivity index is 2.82. The third-order valence-corrected chi connectivity index (χ3v) is 2.96. The van der Waals surface area contributed by atoms with Crippen LogP contribution in [0.1, 0.15) is 18.5 Å². The summed E-state index contributed by atoms with van der Waals surface area (Å²) in [6, 6.07) is 8.62. The lowest BCUT2D eigenvalue weighted by atomic mass is 10.1. The Morgan fingerprint density at radius 3 is 2.11 bits per heavy atom. The third kappa shape index (κ3) is 4.04. The lowest BCUT2D eigenvalue weighted by Gasteiger charge is -2.25. The van der Waals surface area contributed by atoms with Crippen molar-refractivity contribution in [1.29, 1.82) is 0 Å². The Hall–Kier alpha value is -1.55. The van der Waals surface area contributed by atoms with E-state index in [9.17, 15) is 4.79 Å². The van der Waals surface area contributed by atoms with Gasteiger partial charge in [0.05, 0.1) is 6.04 Å². The zero-order valence-corrected chi connectivity index (χ0v) is 11.9. The van der Waals surface area contributed by atoms with Crippen molar-refractivity contribution in [2.75, 3.05) is 39.6 Å². The largest absolute Gasteiger partial charge is 0.378 e. The van der Waals surface area contributed by atoms with E-state index in [1.54, 1.807) is 6.92 Å². The normalized spacial score (nSPS) is 12.3. The molecule has 1 rings (SSSR count). The van der Waals surface area contributed by atoms with Gasteiger partial charge < -0.3 is 15.1 Å². The van der Waals surface area contributed by atoms with E-state index < -0.39 is 0 Å². The number of benzene rings is 1. The summed E-state index contributed by atoms with van der Waals surface area (Å²) in [4.78, 5) is 15.2. The highest BCUT2D eigenvalue weighted by Gasteiger charge is 2.14. The van der Waals surface area contributed by atoms with Gasteiger partial charge in [-0.3, -0.25) is 4.79 Å². The van der Waals surface area contributed by atoms with Crippen molar-refractivity contribution in [3.05, 3.63) is 29.8 Å². The number of rotatable bonds is 5. The fraction of sp³-hybridized carbons (Fsp3) is 0.500. The highest BCUT2D eigenvalue weighted by Crippen LogP contribution is 2.20. The topological polar surface area (TPSA) is 35.6 Å². The van der Waals surface area contributed by atoms with Crippen LogP contribution in [0.15, 0.2) is 24.3 Å². The summed E-state index contributed by atoms with van der Waals surface area (Å²) in [6.45, 7) is 2.17. The van der Waals surface area contributed by atoms with Crippen LogP contribution in [0.5, 0.6) is 0 Å². The smallest absolute Gasteiger partial charge is 0.216 e. The highest BCUT2D eigenvalue weighted by molar-refractivity contribution is 5.72. The molecule has 0 spiro atoms. The van der Waals surface area contributed by atoms with Gasteiger partial charge in [0.15, 0.2) is 0 Å². The lowest BCUT2D eigenvalue weighted by molar-refractivity contribution is -0.119. The molecule has 0 unspecified atom stereocenters. The summed E-state index contributed by atoms with van der Waals surface area (Å²) < 4.78 is 0. The first-order valence-electron chi connectivity index (χ1n) is 6.10. The SMILES string of the molecule is CC(=O)NC[C@H](c1ccc(N(C)C)cc1)N(C)C. The second kappa shape index (κ2) is 6.40. The summed E-state index contributed by atoms with van der Waals surface area (Å²) in [5.41, 5.74) is 2.38. The van der Waals surface area contributed by atoms with Crippen molar-refractivity contribution in [3.8, 4) is 0 Å². The van der Waals surface area contributed by atoms with E-state index in [1.807, 2.05) is 28.2 Å². The molecule has 0 aromatic heterocycles. The molecule has 0 fully saturated rings. The molecule has 0 radical (unpaired) electrons. The standard InChI is InChI=1S/C14H23N3O/c1-11(18)15-10-14(17(4)5)12-6-8-13(9-7-12)16(2)3/h6-9,14H,10H2,1-5H3,(H,15,18)/t14-/m1/s1. The highest BCUT2D eigenvalue weighted by atomic mass is 16.1. The van der Waals surface area contributed by atoms with Crippen LogP contribution < -0.4 is 10.2 Å². The molecule has 1 atom stereocenters. The average molecular weight is 249 g/mol. The molecule has 100 valence electrons. The molecule has 1 N–H and O–H groups in total. The number of carbonyl (C=O) groups is 1. The van der Waals surface area contributed by atoms with Crippen LogP contribution in [0, 0.1) is 0 Å². The van der Waals surface area contributed by atoms with Crippen LogP contribution in [0.3, 0.4) is 0 Å². The molecule has 4 nitrogen and oxygen atoms in total. The van der Waals surface area contributed by atoms with Gasteiger partial charge in [0, 0.05) is 33.3 Å². The first-order chi connectivity index (χ1) is 8.41. The number of amides is 1. The summed E-state index contributed by atoms with van der Waals surface area (Å²) in [5, 5.41) is 2.87. The van der Waals surface area contributed by atoms with E-state index in [1.165, 1.54) is 11.3 Å². The average Bonchev–Trinajstić information content (AvgIpc) is 2.29. The van der Waals surface area contributed by atoms with Crippen molar-refractivity contribution in [2.24, 2.45) is 0 Å².